The summed E-state index contributed by atoms with van der Waals surface area (Å²) in [6.45, 7) is 8.97. The van der Waals surface area contributed by atoms with Gasteiger partial charge >= 0.3 is 0 Å². The average molecular weight is 202 g/mol. The van der Waals surface area contributed by atoms with Crippen LogP contribution in [0.2, 0.25) is 0 Å². The second kappa shape index (κ2) is 4.40. The molecule has 0 aliphatic rings. The molecule has 0 saturated heterocycles. The van der Waals surface area contributed by atoms with E-state index in [1.165, 1.54) is 5.56 Å². The largest absolute Gasteiger partial charge is 0.481 e. The van der Waals surface area contributed by atoms with Gasteiger partial charge in [-0.15, -0.1) is 6.42 Å². The van der Waals surface area contributed by atoms with Crippen LogP contribution in [0.5, 0.6) is 5.75 Å². The van der Waals surface area contributed by atoms with E-state index in [2.05, 4.69) is 38.8 Å². The first kappa shape index (κ1) is 11.7. The standard InChI is InChI=1S/C14H18O/c1-6-9-15-13-8-7-12(10-11(13)2)14(3,4)5/h1,7-8,10H,9H2,2-5H3. The molecule has 0 fully saturated rings. The van der Waals surface area contributed by atoms with Crippen molar-refractivity contribution in [1.82, 2.24) is 0 Å². The fourth-order valence-corrected chi connectivity index (χ4v) is 1.40. The average Bonchev–Trinajstić information content (AvgIpc) is 2.14. The first-order chi connectivity index (χ1) is 6.95. The summed E-state index contributed by atoms with van der Waals surface area (Å²) in [5, 5.41) is 0. The highest BCUT2D eigenvalue weighted by Gasteiger charge is 2.14. The lowest BCUT2D eigenvalue weighted by Crippen LogP contribution is -2.11. The number of aryl methyl sites for hydroxylation is 1. The van der Waals surface area contributed by atoms with E-state index in [4.69, 9.17) is 11.2 Å². The summed E-state index contributed by atoms with van der Waals surface area (Å²) in [7, 11) is 0. The molecule has 0 aliphatic carbocycles. The molecular weight excluding hydrogens is 184 g/mol. The lowest BCUT2D eigenvalue weighted by molar-refractivity contribution is 0.367. The van der Waals surface area contributed by atoms with Gasteiger partial charge in [0, 0.05) is 0 Å². The molecule has 0 aromatic heterocycles. The van der Waals surface area contributed by atoms with Gasteiger partial charge in [0.1, 0.15) is 12.4 Å². The highest BCUT2D eigenvalue weighted by Crippen LogP contribution is 2.27. The van der Waals surface area contributed by atoms with Crippen LogP contribution in [0, 0.1) is 19.3 Å². The third kappa shape index (κ3) is 3.02. The van der Waals surface area contributed by atoms with Gasteiger partial charge in [0.15, 0.2) is 0 Å². The van der Waals surface area contributed by atoms with Crippen LogP contribution in [-0.4, -0.2) is 6.61 Å². The summed E-state index contributed by atoms with van der Waals surface area (Å²) in [6, 6.07) is 6.25. The summed E-state index contributed by atoms with van der Waals surface area (Å²) < 4.78 is 5.42. The highest BCUT2D eigenvalue weighted by atomic mass is 16.5. The fraction of sp³-hybridized carbons (Fsp3) is 0.429. The van der Waals surface area contributed by atoms with Crippen molar-refractivity contribution < 1.29 is 4.74 Å². The maximum Gasteiger partial charge on any atom is 0.148 e. The molecule has 1 rings (SSSR count). The van der Waals surface area contributed by atoms with Gasteiger partial charge in [0.25, 0.3) is 0 Å². The molecule has 1 aromatic carbocycles. The Kier molecular flexibility index (Phi) is 3.42. The summed E-state index contributed by atoms with van der Waals surface area (Å²) in [6.07, 6.45) is 5.15. The molecule has 0 spiro atoms. The Morgan fingerprint density at radius 3 is 2.47 bits per heavy atom. The quantitative estimate of drug-likeness (QED) is 0.669. The van der Waals surface area contributed by atoms with E-state index in [-0.39, 0.29) is 5.41 Å². The van der Waals surface area contributed by atoms with Gasteiger partial charge in [-0.2, -0.15) is 0 Å². The first-order valence-electron chi connectivity index (χ1n) is 5.12. The van der Waals surface area contributed by atoms with Crippen LogP contribution < -0.4 is 4.74 Å². The molecule has 1 aromatic rings. The second-order valence-electron chi connectivity index (χ2n) is 4.72. The zero-order valence-corrected chi connectivity index (χ0v) is 9.92. The minimum absolute atomic E-state index is 0.176. The summed E-state index contributed by atoms with van der Waals surface area (Å²) >= 11 is 0. The molecule has 15 heavy (non-hydrogen) atoms. The number of hydrogen-bond acceptors (Lipinski definition) is 1. The molecule has 0 unspecified atom stereocenters. The lowest BCUT2D eigenvalue weighted by atomic mass is 9.86. The van der Waals surface area contributed by atoms with Crippen molar-refractivity contribution in [2.45, 2.75) is 33.1 Å². The molecule has 0 heterocycles. The Morgan fingerprint density at radius 2 is 2.00 bits per heavy atom. The Balaban J connectivity index is 2.94. The van der Waals surface area contributed by atoms with E-state index < -0.39 is 0 Å². The maximum absolute atomic E-state index is 5.42. The van der Waals surface area contributed by atoms with Crippen molar-refractivity contribution >= 4 is 0 Å². The predicted molar refractivity (Wildman–Crippen MR) is 64.2 cm³/mol. The molecule has 0 atom stereocenters. The lowest BCUT2D eigenvalue weighted by Gasteiger charge is -2.20. The monoisotopic (exact) mass is 202 g/mol. The minimum atomic E-state index is 0.176. The Morgan fingerprint density at radius 1 is 1.33 bits per heavy atom. The number of hydrogen-bond donors (Lipinski definition) is 0. The van der Waals surface area contributed by atoms with Crippen LogP contribution in [0.4, 0.5) is 0 Å². The zero-order chi connectivity index (χ0) is 11.5. The van der Waals surface area contributed by atoms with E-state index in [0.717, 1.165) is 11.3 Å². The Hall–Kier alpha value is -1.42. The van der Waals surface area contributed by atoms with E-state index in [0.29, 0.717) is 6.61 Å². The second-order valence-corrected chi connectivity index (χ2v) is 4.72. The summed E-state index contributed by atoms with van der Waals surface area (Å²) in [4.78, 5) is 0. The molecule has 0 bridgehead atoms. The summed E-state index contributed by atoms with van der Waals surface area (Å²) in [5.41, 5.74) is 2.63. The predicted octanol–water partition coefficient (Wildman–Crippen LogP) is 3.30. The zero-order valence-electron chi connectivity index (χ0n) is 9.92. The van der Waals surface area contributed by atoms with Gasteiger partial charge in [0.2, 0.25) is 0 Å². The van der Waals surface area contributed by atoms with Crippen LogP contribution in [0.1, 0.15) is 31.9 Å². The van der Waals surface area contributed by atoms with Crippen molar-refractivity contribution in [3.8, 4) is 18.1 Å². The van der Waals surface area contributed by atoms with Crippen molar-refractivity contribution in [2.75, 3.05) is 6.61 Å². The van der Waals surface area contributed by atoms with E-state index >= 15 is 0 Å². The van der Waals surface area contributed by atoms with Crippen molar-refractivity contribution in [2.24, 2.45) is 0 Å². The van der Waals surface area contributed by atoms with E-state index in [9.17, 15) is 0 Å². The van der Waals surface area contributed by atoms with Crippen LogP contribution >= 0.6 is 0 Å². The Bertz CT molecular complexity index is 377. The van der Waals surface area contributed by atoms with Gasteiger partial charge in [-0.1, -0.05) is 38.8 Å². The third-order valence-corrected chi connectivity index (χ3v) is 2.35. The topological polar surface area (TPSA) is 9.23 Å². The highest BCUT2D eigenvalue weighted by molar-refractivity contribution is 5.38. The van der Waals surface area contributed by atoms with Gasteiger partial charge in [-0.05, 0) is 29.5 Å². The Labute approximate surface area is 92.5 Å². The minimum Gasteiger partial charge on any atom is -0.481 e. The van der Waals surface area contributed by atoms with Crippen molar-refractivity contribution in [1.29, 1.82) is 0 Å². The SMILES string of the molecule is C#CCOc1ccc(C(C)(C)C)cc1C. The molecule has 0 aliphatic heterocycles. The molecule has 0 N–H and O–H groups in total. The molecule has 80 valence electrons. The third-order valence-electron chi connectivity index (χ3n) is 2.35. The maximum atomic E-state index is 5.42. The number of ether oxygens (including phenoxy) is 1. The fourth-order valence-electron chi connectivity index (χ4n) is 1.40. The van der Waals surface area contributed by atoms with Gasteiger partial charge in [0.05, 0.1) is 0 Å². The smallest absolute Gasteiger partial charge is 0.148 e. The molecule has 0 saturated carbocycles. The van der Waals surface area contributed by atoms with Crippen LogP contribution in [0.15, 0.2) is 18.2 Å². The molecule has 0 amide bonds. The van der Waals surface area contributed by atoms with Gasteiger partial charge < -0.3 is 4.74 Å². The normalized spacial score (nSPS) is 10.9. The molecule has 0 radical (unpaired) electrons. The summed E-state index contributed by atoms with van der Waals surface area (Å²) in [5.74, 6) is 3.34. The van der Waals surface area contributed by atoms with Crippen LogP contribution in [0.25, 0.3) is 0 Å². The number of terminal acetylenes is 1. The van der Waals surface area contributed by atoms with Crippen LogP contribution in [0.3, 0.4) is 0 Å². The van der Waals surface area contributed by atoms with E-state index in [1.54, 1.807) is 0 Å². The van der Waals surface area contributed by atoms with Crippen LogP contribution in [-0.2, 0) is 5.41 Å². The van der Waals surface area contributed by atoms with Crippen molar-refractivity contribution in [3.05, 3.63) is 29.3 Å². The molecule has 1 nitrogen and oxygen atoms in total. The van der Waals surface area contributed by atoms with Crippen molar-refractivity contribution in [3.63, 3.8) is 0 Å². The number of rotatable bonds is 2. The van der Waals surface area contributed by atoms with Gasteiger partial charge in [-0.25, -0.2) is 0 Å². The first-order valence-corrected chi connectivity index (χ1v) is 5.12. The number of benzene rings is 1. The van der Waals surface area contributed by atoms with E-state index in [1.807, 2.05) is 13.0 Å². The molecule has 1 heteroatoms. The van der Waals surface area contributed by atoms with Gasteiger partial charge in [-0.3, -0.25) is 0 Å². The molecular formula is C14H18O.